The van der Waals surface area contributed by atoms with E-state index in [2.05, 4.69) is 0 Å². The van der Waals surface area contributed by atoms with Gasteiger partial charge >= 0.3 is 0 Å². The van der Waals surface area contributed by atoms with Gasteiger partial charge in [-0.25, -0.2) is 0 Å². The number of benzene rings is 2. The topological polar surface area (TPSA) is 35.2 Å². The molecule has 2 nitrogen and oxygen atoms in total. The molecule has 0 unspecified atom stereocenters. The highest BCUT2D eigenvalue weighted by atomic mass is 35.5. The predicted octanol–water partition coefficient (Wildman–Crippen LogP) is 3.69. The van der Waals surface area contributed by atoms with Gasteiger partial charge in [-0.2, -0.15) is 0 Å². The summed E-state index contributed by atoms with van der Waals surface area (Å²) in [6.45, 7) is 3.01. The quantitative estimate of drug-likeness (QED) is 0.911. The van der Waals surface area contributed by atoms with Crippen molar-refractivity contribution in [2.75, 3.05) is 0 Å². The highest BCUT2D eigenvalue weighted by Crippen LogP contribution is 2.26. The first-order valence-corrected chi connectivity index (χ1v) is 6.24. The average molecular weight is 262 g/mol. The van der Waals surface area contributed by atoms with Gasteiger partial charge < -0.3 is 10.5 Å². The average Bonchev–Trinajstić information content (AvgIpc) is 2.40. The Bertz CT molecular complexity index is 540. The van der Waals surface area contributed by atoms with E-state index in [0.717, 1.165) is 16.7 Å². The van der Waals surface area contributed by atoms with Crippen LogP contribution in [-0.2, 0) is 13.2 Å². The van der Waals surface area contributed by atoms with Crippen LogP contribution in [0.3, 0.4) is 0 Å². The molecule has 94 valence electrons. The van der Waals surface area contributed by atoms with E-state index in [1.807, 2.05) is 49.4 Å². The van der Waals surface area contributed by atoms with E-state index in [1.165, 1.54) is 0 Å². The van der Waals surface area contributed by atoms with E-state index in [4.69, 9.17) is 22.1 Å². The second kappa shape index (κ2) is 5.89. The fraction of sp³-hybridized carbons (Fsp3) is 0.200. The number of hydrogen-bond acceptors (Lipinski definition) is 2. The first kappa shape index (κ1) is 12.9. The molecule has 2 rings (SSSR count). The normalized spacial score (nSPS) is 10.4. The summed E-state index contributed by atoms with van der Waals surface area (Å²) in [5.41, 5.74) is 9.01. The van der Waals surface area contributed by atoms with Crippen molar-refractivity contribution in [3.8, 4) is 5.75 Å². The maximum absolute atomic E-state index is 6.09. The summed E-state index contributed by atoms with van der Waals surface area (Å²) in [6, 6.07) is 13.7. The Hall–Kier alpha value is -1.51. The molecule has 3 heteroatoms. The highest BCUT2D eigenvalue weighted by Gasteiger charge is 2.04. The number of aryl methyl sites for hydroxylation is 1. The van der Waals surface area contributed by atoms with Crippen molar-refractivity contribution in [1.29, 1.82) is 0 Å². The van der Waals surface area contributed by atoms with Crippen LogP contribution in [0.1, 0.15) is 16.7 Å². The maximum atomic E-state index is 6.09. The zero-order chi connectivity index (χ0) is 13.0. The van der Waals surface area contributed by atoms with Gasteiger partial charge in [0.1, 0.15) is 12.4 Å². The van der Waals surface area contributed by atoms with Crippen LogP contribution in [0.5, 0.6) is 5.75 Å². The van der Waals surface area contributed by atoms with Crippen molar-refractivity contribution in [3.63, 3.8) is 0 Å². The SMILES string of the molecule is Cc1ccc(Cl)c(OCc2ccccc2CN)c1. The molecule has 0 radical (unpaired) electrons. The smallest absolute Gasteiger partial charge is 0.138 e. The van der Waals surface area contributed by atoms with Gasteiger partial charge in [0.2, 0.25) is 0 Å². The Morgan fingerprint density at radius 2 is 1.83 bits per heavy atom. The highest BCUT2D eigenvalue weighted by molar-refractivity contribution is 6.32. The second-order valence-electron chi connectivity index (χ2n) is 4.20. The van der Waals surface area contributed by atoms with Gasteiger partial charge in [-0.05, 0) is 35.7 Å². The second-order valence-corrected chi connectivity index (χ2v) is 4.60. The van der Waals surface area contributed by atoms with Crippen molar-refractivity contribution < 1.29 is 4.74 Å². The van der Waals surface area contributed by atoms with Gasteiger partial charge in [0, 0.05) is 6.54 Å². The molecule has 0 spiro atoms. The summed E-state index contributed by atoms with van der Waals surface area (Å²) in [5.74, 6) is 0.712. The minimum Gasteiger partial charge on any atom is -0.487 e. The third-order valence-electron chi connectivity index (χ3n) is 2.81. The number of halogens is 1. The first-order chi connectivity index (χ1) is 8.70. The molecular weight excluding hydrogens is 246 g/mol. The number of hydrogen-bond donors (Lipinski definition) is 1. The van der Waals surface area contributed by atoms with Crippen LogP contribution in [0.2, 0.25) is 5.02 Å². The Balaban J connectivity index is 2.14. The summed E-state index contributed by atoms with van der Waals surface area (Å²) >= 11 is 6.09. The first-order valence-electron chi connectivity index (χ1n) is 5.86. The van der Waals surface area contributed by atoms with E-state index < -0.39 is 0 Å². The fourth-order valence-electron chi connectivity index (χ4n) is 1.77. The zero-order valence-corrected chi connectivity index (χ0v) is 11.1. The molecule has 0 saturated heterocycles. The molecule has 0 aliphatic rings. The lowest BCUT2D eigenvalue weighted by molar-refractivity contribution is 0.305. The molecule has 0 heterocycles. The van der Waals surface area contributed by atoms with Crippen LogP contribution >= 0.6 is 11.6 Å². The third kappa shape index (κ3) is 3.03. The molecule has 0 fully saturated rings. The molecule has 0 aliphatic carbocycles. The lowest BCUT2D eigenvalue weighted by Gasteiger charge is -2.11. The summed E-state index contributed by atoms with van der Waals surface area (Å²) in [7, 11) is 0. The molecule has 2 N–H and O–H groups in total. The van der Waals surface area contributed by atoms with E-state index >= 15 is 0 Å². The van der Waals surface area contributed by atoms with Gasteiger partial charge in [0.25, 0.3) is 0 Å². The van der Waals surface area contributed by atoms with Gasteiger partial charge in [-0.3, -0.25) is 0 Å². The van der Waals surface area contributed by atoms with Gasteiger partial charge in [0.05, 0.1) is 5.02 Å². The minimum absolute atomic E-state index is 0.483. The van der Waals surface area contributed by atoms with Crippen LogP contribution in [-0.4, -0.2) is 0 Å². The van der Waals surface area contributed by atoms with Gasteiger partial charge in [-0.1, -0.05) is 41.9 Å². The zero-order valence-electron chi connectivity index (χ0n) is 10.3. The number of nitrogens with two attached hydrogens (primary N) is 1. The van der Waals surface area contributed by atoms with Crippen LogP contribution in [0, 0.1) is 6.92 Å². The molecule has 0 aromatic heterocycles. The molecule has 0 bridgehead atoms. The molecule has 2 aromatic rings. The van der Waals surface area contributed by atoms with E-state index in [9.17, 15) is 0 Å². The van der Waals surface area contributed by atoms with Crippen LogP contribution in [0.25, 0.3) is 0 Å². The van der Waals surface area contributed by atoms with Crippen molar-refractivity contribution in [3.05, 3.63) is 64.2 Å². The molecule has 2 aromatic carbocycles. The van der Waals surface area contributed by atoms with Crippen LogP contribution in [0.15, 0.2) is 42.5 Å². The van der Waals surface area contributed by atoms with Crippen molar-refractivity contribution in [1.82, 2.24) is 0 Å². The van der Waals surface area contributed by atoms with Crippen molar-refractivity contribution in [2.45, 2.75) is 20.1 Å². The Labute approximate surface area is 112 Å². The summed E-state index contributed by atoms with van der Waals surface area (Å²) < 4.78 is 5.76. The summed E-state index contributed by atoms with van der Waals surface area (Å²) in [4.78, 5) is 0. The van der Waals surface area contributed by atoms with Gasteiger partial charge in [-0.15, -0.1) is 0 Å². The van der Waals surface area contributed by atoms with E-state index in [1.54, 1.807) is 0 Å². The molecular formula is C15H16ClNO. The molecule has 0 aliphatic heterocycles. The molecule has 0 amide bonds. The molecule has 0 saturated carbocycles. The lowest BCUT2D eigenvalue weighted by atomic mass is 10.1. The van der Waals surface area contributed by atoms with E-state index in [-0.39, 0.29) is 0 Å². The van der Waals surface area contributed by atoms with E-state index in [0.29, 0.717) is 23.9 Å². The largest absolute Gasteiger partial charge is 0.487 e. The number of ether oxygens (including phenoxy) is 1. The Morgan fingerprint density at radius 3 is 2.56 bits per heavy atom. The van der Waals surface area contributed by atoms with Crippen LogP contribution in [0.4, 0.5) is 0 Å². The van der Waals surface area contributed by atoms with Crippen molar-refractivity contribution >= 4 is 11.6 Å². The van der Waals surface area contributed by atoms with Crippen LogP contribution < -0.4 is 10.5 Å². The maximum Gasteiger partial charge on any atom is 0.138 e. The third-order valence-corrected chi connectivity index (χ3v) is 3.12. The molecule has 18 heavy (non-hydrogen) atoms. The Kier molecular flexibility index (Phi) is 4.24. The lowest BCUT2D eigenvalue weighted by Crippen LogP contribution is -2.04. The van der Waals surface area contributed by atoms with Gasteiger partial charge in [0.15, 0.2) is 0 Å². The summed E-state index contributed by atoms with van der Waals surface area (Å²) in [5, 5.41) is 0.630. The monoisotopic (exact) mass is 261 g/mol. The summed E-state index contributed by atoms with van der Waals surface area (Å²) in [6.07, 6.45) is 0. The molecule has 0 atom stereocenters. The predicted molar refractivity (Wildman–Crippen MR) is 74.9 cm³/mol. The minimum atomic E-state index is 0.483. The fourth-order valence-corrected chi connectivity index (χ4v) is 1.95. The standard InChI is InChI=1S/C15H16ClNO/c1-11-6-7-14(16)15(8-11)18-10-13-5-3-2-4-12(13)9-17/h2-8H,9-10,17H2,1H3. The Morgan fingerprint density at radius 1 is 1.11 bits per heavy atom. The number of rotatable bonds is 4. The van der Waals surface area contributed by atoms with Crippen molar-refractivity contribution in [2.24, 2.45) is 5.73 Å².